The fourth-order valence-electron chi connectivity index (χ4n) is 4.87. The van der Waals surface area contributed by atoms with E-state index >= 15 is 0 Å². The minimum Gasteiger partial charge on any atom is -0.465 e. The molecule has 0 atom stereocenters. The molecule has 2 aromatic heterocycles. The Morgan fingerprint density at radius 1 is 1.06 bits per heavy atom. The summed E-state index contributed by atoms with van der Waals surface area (Å²) in [5, 5.41) is 1.83. The molecule has 1 N–H and O–H groups in total. The Bertz CT molecular complexity index is 1420. The van der Waals surface area contributed by atoms with Gasteiger partial charge in [-0.3, -0.25) is 4.90 Å². The highest BCUT2D eigenvalue weighted by Crippen LogP contribution is 2.27. The number of fused-ring (bicyclic) bond motifs is 2. The Hall–Kier alpha value is -3.65. The molecule has 0 bridgehead atoms. The first kappa shape index (κ1) is 23.1. The van der Waals surface area contributed by atoms with Crippen LogP contribution in [-0.4, -0.2) is 55.7 Å². The van der Waals surface area contributed by atoms with E-state index in [4.69, 9.17) is 9.15 Å². The summed E-state index contributed by atoms with van der Waals surface area (Å²) in [6, 6.07) is 11.4. The first-order valence-electron chi connectivity index (χ1n) is 11.9. The summed E-state index contributed by atoms with van der Waals surface area (Å²) in [5.74, 6) is -0.742. The Kier molecular flexibility index (Phi) is 6.55. The third-order valence-corrected chi connectivity index (χ3v) is 6.76. The maximum absolute atomic E-state index is 13.6. The van der Waals surface area contributed by atoms with E-state index in [1.54, 1.807) is 12.1 Å². The lowest BCUT2D eigenvalue weighted by molar-refractivity contribution is 0.0601. The smallest absolute Gasteiger partial charge is 0.338 e. The van der Waals surface area contributed by atoms with Crippen LogP contribution in [0.4, 0.5) is 10.1 Å². The number of ether oxygens (including phenoxy) is 1. The highest BCUT2D eigenvalue weighted by molar-refractivity contribution is 5.95. The van der Waals surface area contributed by atoms with Crippen LogP contribution in [0.1, 0.15) is 28.8 Å². The number of hydrogen-bond donors (Lipinski definition) is 1. The van der Waals surface area contributed by atoms with Gasteiger partial charge in [0.25, 0.3) is 0 Å². The van der Waals surface area contributed by atoms with Crippen LogP contribution in [0, 0.1) is 5.82 Å². The number of unbranched alkanes of at least 4 members (excludes halogenated alkanes) is 1. The third kappa shape index (κ3) is 4.93. The van der Waals surface area contributed by atoms with E-state index in [1.807, 2.05) is 18.3 Å². The number of esters is 1. The van der Waals surface area contributed by atoms with E-state index in [0.29, 0.717) is 5.56 Å². The quantitative estimate of drug-likeness (QED) is 0.242. The molecule has 0 radical (unpaired) electrons. The van der Waals surface area contributed by atoms with Crippen LogP contribution in [0.3, 0.4) is 0 Å². The van der Waals surface area contributed by atoms with Gasteiger partial charge in [0.1, 0.15) is 11.4 Å². The molecule has 0 saturated carbocycles. The lowest BCUT2D eigenvalue weighted by Gasteiger charge is -2.36. The fraction of sp³-hybridized carbons (Fsp3) is 0.333. The Morgan fingerprint density at radius 2 is 1.89 bits per heavy atom. The maximum atomic E-state index is 13.6. The lowest BCUT2D eigenvalue weighted by atomic mass is 10.0. The number of aryl methyl sites for hydroxylation is 1. The summed E-state index contributed by atoms with van der Waals surface area (Å²) in [6.07, 6.45) is 5.08. The fourth-order valence-corrected chi connectivity index (χ4v) is 4.87. The molecule has 1 aliphatic heterocycles. The minimum absolute atomic E-state index is 0.283. The number of aromatic amines is 1. The average molecular weight is 478 g/mol. The van der Waals surface area contributed by atoms with Crippen LogP contribution in [0.5, 0.6) is 0 Å². The van der Waals surface area contributed by atoms with Gasteiger partial charge in [-0.15, -0.1) is 0 Å². The zero-order valence-electron chi connectivity index (χ0n) is 19.7. The molecular formula is C27H28FN3O4. The van der Waals surface area contributed by atoms with Crippen LogP contribution >= 0.6 is 0 Å². The highest BCUT2D eigenvalue weighted by atomic mass is 19.1. The Balaban J connectivity index is 1.15. The van der Waals surface area contributed by atoms with Gasteiger partial charge >= 0.3 is 11.6 Å². The van der Waals surface area contributed by atoms with Gasteiger partial charge in [-0.25, -0.2) is 14.0 Å². The second kappa shape index (κ2) is 9.92. The first-order valence-corrected chi connectivity index (χ1v) is 11.9. The summed E-state index contributed by atoms with van der Waals surface area (Å²) in [6.45, 7) is 4.41. The molecule has 1 aliphatic rings. The van der Waals surface area contributed by atoms with Gasteiger partial charge < -0.3 is 19.0 Å². The van der Waals surface area contributed by atoms with Gasteiger partial charge in [-0.1, -0.05) is 0 Å². The number of halogens is 1. The molecule has 0 aliphatic carbocycles. The van der Waals surface area contributed by atoms with Crippen molar-refractivity contribution in [1.82, 2.24) is 9.88 Å². The number of aromatic nitrogens is 1. The molecule has 0 unspecified atom stereocenters. The molecule has 2 aromatic carbocycles. The van der Waals surface area contributed by atoms with Crippen LogP contribution in [0.15, 0.2) is 57.9 Å². The summed E-state index contributed by atoms with van der Waals surface area (Å²) in [5.41, 5.74) is 3.42. The van der Waals surface area contributed by atoms with E-state index in [-0.39, 0.29) is 11.6 Å². The van der Waals surface area contributed by atoms with Crippen molar-refractivity contribution in [2.45, 2.75) is 19.3 Å². The number of hydrogen-bond acceptors (Lipinski definition) is 6. The van der Waals surface area contributed by atoms with E-state index in [1.165, 1.54) is 30.9 Å². The predicted octanol–water partition coefficient (Wildman–Crippen LogP) is 4.34. The van der Waals surface area contributed by atoms with Gasteiger partial charge in [0, 0.05) is 60.8 Å². The number of nitrogens with one attached hydrogen (secondary N) is 1. The molecule has 4 aromatic rings. The van der Waals surface area contributed by atoms with E-state index in [0.717, 1.165) is 74.0 Å². The number of carbonyl (C=O) groups excluding carboxylic acids is 1. The number of H-pyrrole nitrogens is 1. The molecule has 3 heterocycles. The van der Waals surface area contributed by atoms with Crippen LogP contribution in [0.25, 0.3) is 21.9 Å². The lowest BCUT2D eigenvalue weighted by Crippen LogP contribution is -2.46. The summed E-state index contributed by atoms with van der Waals surface area (Å²) >= 11 is 0. The van der Waals surface area contributed by atoms with Crippen molar-refractivity contribution >= 4 is 33.5 Å². The molecule has 7 nitrogen and oxygen atoms in total. The van der Waals surface area contributed by atoms with Crippen molar-refractivity contribution in [3.05, 3.63) is 76.0 Å². The van der Waals surface area contributed by atoms with Crippen LogP contribution in [0.2, 0.25) is 0 Å². The van der Waals surface area contributed by atoms with Gasteiger partial charge in [-0.2, -0.15) is 0 Å². The molecule has 35 heavy (non-hydrogen) atoms. The van der Waals surface area contributed by atoms with Crippen molar-refractivity contribution in [2.75, 3.05) is 44.7 Å². The molecule has 0 amide bonds. The predicted molar refractivity (Wildman–Crippen MR) is 134 cm³/mol. The van der Waals surface area contributed by atoms with Gasteiger partial charge in [0.15, 0.2) is 0 Å². The SMILES string of the molecule is COC(=O)c1ccc2[nH]cc(CCCCN3CCN(c4cc(=O)oc5cc(F)ccc45)CC3)c2c1. The highest BCUT2D eigenvalue weighted by Gasteiger charge is 2.20. The number of anilines is 1. The maximum Gasteiger partial charge on any atom is 0.338 e. The molecule has 182 valence electrons. The average Bonchev–Trinajstić information content (AvgIpc) is 3.28. The number of rotatable bonds is 7. The molecule has 8 heteroatoms. The molecule has 0 spiro atoms. The van der Waals surface area contributed by atoms with Gasteiger partial charge in [0.2, 0.25) is 0 Å². The number of piperazine rings is 1. The van der Waals surface area contributed by atoms with E-state index < -0.39 is 11.4 Å². The zero-order chi connectivity index (χ0) is 24.4. The number of carbonyl (C=O) groups is 1. The van der Waals surface area contributed by atoms with Crippen molar-refractivity contribution in [2.24, 2.45) is 0 Å². The number of methoxy groups -OCH3 is 1. The third-order valence-electron chi connectivity index (χ3n) is 6.76. The summed E-state index contributed by atoms with van der Waals surface area (Å²) in [7, 11) is 1.39. The Morgan fingerprint density at radius 3 is 2.69 bits per heavy atom. The topological polar surface area (TPSA) is 78.8 Å². The van der Waals surface area contributed by atoms with E-state index in [9.17, 15) is 14.0 Å². The first-order chi connectivity index (χ1) is 17.0. The van der Waals surface area contributed by atoms with Crippen molar-refractivity contribution in [3.8, 4) is 0 Å². The largest absolute Gasteiger partial charge is 0.465 e. The van der Waals surface area contributed by atoms with Gasteiger partial charge in [-0.05, 0) is 61.7 Å². The van der Waals surface area contributed by atoms with Crippen molar-refractivity contribution in [1.29, 1.82) is 0 Å². The summed E-state index contributed by atoms with van der Waals surface area (Å²) < 4.78 is 23.6. The Labute approximate surface area is 202 Å². The molecule has 1 fully saturated rings. The number of nitrogens with zero attached hydrogens (tertiary/aromatic N) is 2. The second-order valence-electron chi connectivity index (χ2n) is 8.94. The normalized spacial score (nSPS) is 14.6. The molecule has 1 saturated heterocycles. The standard InChI is InChI=1S/C27H28FN3O4/c1-34-27(33)18-5-8-23-22(14-18)19(17-29-23)4-2-3-9-30-10-12-31(13-11-30)24-16-26(32)35-25-15-20(28)6-7-21(24)25/h5-8,14-17,29H,2-4,9-13H2,1H3. The van der Waals surface area contributed by atoms with Crippen LogP contribution in [-0.2, 0) is 11.2 Å². The minimum atomic E-state index is -0.462. The van der Waals surface area contributed by atoms with Gasteiger partial charge in [0.05, 0.1) is 18.4 Å². The zero-order valence-corrected chi connectivity index (χ0v) is 19.7. The second-order valence-corrected chi connectivity index (χ2v) is 8.94. The number of benzene rings is 2. The van der Waals surface area contributed by atoms with Crippen LogP contribution < -0.4 is 10.5 Å². The monoisotopic (exact) mass is 477 g/mol. The van der Waals surface area contributed by atoms with Crippen molar-refractivity contribution in [3.63, 3.8) is 0 Å². The summed E-state index contributed by atoms with van der Waals surface area (Å²) in [4.78, 5) is 31.8. The molecule has 5 rings (SSSR count). The van der Waals surface area contributed by atoms with E-state index in [2.05, 4.69) is 14.8 Å². The molecular weight excluding hydrogens is 449 g/mol. The van der Waals surface area contributed by atoms with Crippen molar-refractivity contribution < 1.29 is 18.3 Å².